The van der Waals surface area contributed by atoms with Crippen LogP contribution in [0.15, 0.2) is 36.4 Å². The smallest absolute Gasteiger partial charge is 0.340 e. The molecule has 1 aromatic rings. The molecule has 132 valence electrons. The minimum atomic E-state index is -4.40. The lowest BCUT2D eigenvalue weighted by Gasteiger charge is -2.14. The molecule has 0 aliphatic carbocycles. The number of carbonyl (C=O) groups excluding carboxylic acids is 2. The van der Waals surface area contributed by atoms with Gasteiger partial charge in [-0.3, -0.25) is 9.59 Å². The van der Waals surface area contributed by atoms with Crippen molar-refractivity contribution in [3.63, 3.8) is 0 Å². The highest BCUT2D eigenvalue weighted by Gasteiger charge is 2.42. The van der Waals surface area contributed by atoms with E-state index in [0.29, 0.717) is 0 Å². The normalized spacial score (nSPS) is 11.7. The quantitative estimate of drug-likeness (QED) is 0.507. The Hall–Kier alpha value is -2.38. The summed E-state index contributed by atoms with van der Waals surface area (Å²) in [7, 11) is 0. The summed E-state index contributed by atoms with van der Waals surface area (Å²) in [6.07, 6.45) is -1.52. The predicted octanol–water partition coefficient (Wildman–Crippen LogP) is 3.47. The van der Waals surface area contributed by atoms with E-state index in [1.165, 1.54) is 0 Å². The van der Waals surface area contributed by atoms with Crippen LogP contribution in [0.3, 0.4) is 0 Å². The first kappa shape index (κ1) is 19.7. The number of esters is 2. The Balaban J connectivity index is 2.19. The van der Waals surface area contributed by atoms with Crippen LogP contribution in [-0.4, -0.2) is 37.5 Å². The van der Waals surface area contributed by atoms with Crippen molar-refractivity contribution in [3.05, 3.63) is 42.0 Å². The zero-order chi connectivity index (χ0) is 18.0. The molecule has 0 amide bonds. The van der Waals surface area contributed by atoms with Gasteiger partial charge in [-0.1, -0.05) is 36.4 Å². The van der Waals surface area contributed by atoms with Crippen molar-refractivity contribution in [2.45, 2.75) is 25.2 Å². The van der Waals surface area contributed by atoms with Crippen LogP contribution in [-0.2, 0) is 19.1 Å². The van der Waals surface area contributed by atoms with Gasteiger partial charge in [0.1, 0.15) is 6.61 Å². The lowest BCUT2D eigenvalue weighted by Crippen LogP contribution is -2.33. The SMILES string of the molecule is O=C(CCC(=O)OCC(F)(F)C(F)F)OC/C=C/c1ccccc1. The van der Waals surface area contributed by atoms with E-state index < -0.39 is 43.7 Å². The van der Waals surface area contributed by atoms with Crippen LogP contribution in [0.2, 0.25) is 0 Å². The summed E-state index contributed by atoms with van der Waals surface area (Å²) in [5.41, 5.74) is 0.914. The fourth-order valence-corrected chi connectivity index (χ4v) is 1.48. The molecule has 0 aromatic heterocycles. The maximum Gasteiger partial charge on any atom is 0.340 e. The van der Waals surface area contributed by atoms with E-state index in [9.17, 15) is 27.2 Å². The maximum atomic E-state index is 12.5. The summed E-state index contributed by atoms with van der Waals surface area (Å²) >= 11 is 0. The lowest BCUT2D eigenvalue weighted by molar-refractivity contribution is -0.180. The highest BCUT2D eigenvalue weighted by molar-refractivity contribution is 5.77. The van der Waals surface area contributed by atoms with Crippen molar-refractivity contribution in [2.24, 2.45) is 0 Å². The van der Waals surface area contributed by atoms with Gasteiger partial charge in [-0.25, -0.2) is 8.78 Å². The number of benzene rings is 1. The van der Waals surface area contributed by atoms with Crippen molar-refractivity contribution in [2.75, 3.05) is 13.2 Å². The molecular formula is C16H16F4O4. The number of rotatable bonds is 9. The molecule has 0 saturated carbocycles. The zero-order valence-corrected chi connectivity index (χ0v) is 12.6. The summed E-state index contributed by atoms with van der Waals surface area (Å²) in [5.74, 6) is -6.31. The number of alkyl halides is 4. The van der Waals surface area contributed by atoms with E-state index in [-0.39, 0.29) is 6.61 Å². The van der Waals surface area contributed by atoms with Crippen LogP contribution in [0, 0.1) is 0 Å². The van der Waals surface area contributed by atoms with Gasteiger partial charge in [-0.05, 0) is 11.6 Å². The third-order valence-electron chi connectivity index (χ3n) is 2.73. The van der Waals surface area contributed by atoms with Gasteiger partial charge in [0.2, 0.25) is 0 Å². The van der Waals surface area contributed by atoms with Crippen molar-refractivity contribution in [3.8, 4) is 0 Å². The van der Waals surface area contributed by atoms with Crippen molar-refractivity contribution >= 4 is 18.0 Å². The minimum absolute atomic E-state index is 0.0216. The predicted molar refractivity (Wildman–Crippen MR) is 77.6 cm³/mol. The van der Waals surface area contributed by atoms with Gasteiger partial charge >= 0.3 is 24.3 Å². The topological polar surface area (TPSA) is 52.6 Å². The maximum absolute atomic E-state index is 12.5. The van der Waals surface area contributed by atoms with Crippen LogP contribution in [0.25, 0.3) is 6.08 Å². The number of ether oxygens (including phenoxy) is 2. The highest BCUT2D eigenvalue weighted by Crippen LogP contribution is 2.23. The Morgan fingerprint density at radius 1 is 1.04 bits per heavy atom. The van der Waals surface area contributed by atoms with Gasteiger partial charge in [0.25, 0.3) is 0 Å². The van der Waals surface area contributed by atoms with E-state index in [1.54, 1.807) is 12.2 Å². The monoisotopic (exact) mass is 348 g/mol. The Morgan fingerprint density at radius 2 is 1.62 bits per heavy atom. The summed E-state index contributed by atoms with van der Waals surface area (Å²) in [4.78, 5) is 22.4. The summed E-state index contributed by atoms with van der Waals surface area (Å²) in [6.45, 7) is -1.75. The number of halogens is 4. The fourth-order valence-electron chi connectivity index (χ4n) is 1.48. The van der Waals surface area contributed by atoms with Gasteiger partial charge in [0.15, 0.2) is 6.61 Å². The molecule has 0 spiro atoms. The van der Waals surface area contributed by atoms with Crippen LogP contribution in [0.1, 0.15) is 18.4 Å². The molecule has 0 saturated heterocycles. The molecule has 0 fully saturated rings. The Morgan fingerprint density at radius 3 is 2.21 bits per heavy atom. The first-order chi connectivity index (χ1) is 11.3. The summed E-state index contributed by atoms with van der Waals surface area (Å²) in [6, 6.07) is 9.24. The number of hydrogen-bond acceptors (Lipinski definition) is 4. The Bertz CT molecular complexity index is 558. The first-order valence-electron chi connectivity index (χ1n) is 7.00. The van der Waals surface area contributed by atoms with Crippen LogP contribution >= 0.6 is 0 Å². The van der Waals surface area contributed by atoms with Crippen LogP contribution in [0.4, 0.5) is 17.6 Å². The molecule has 0 atom stereocenters. The molecule has 0 unspecified atom stereocenters. The van der Waals surface area contributed by atoms with Gasteiger partial charge in [0, 0.05) is 0 Å². The van der Waals surface area contributed by atoms with Gasteiger partial charge in [-0.2, -0.15) is 8.78 Å². The lowest BCUT2D eigenvalue weighted by atomic mass is 10.2. The largest absolute Gasteiger partial charge is 0.461 e. The number of carbonyl (C=O) groups is 2. The van der Waals surface area contributed by atoms with E-state index in [4.69, 9.17) is 4.74 Å². The van der Waals surface area contributed by atoms with E-state index in [0.717, 1.165) is 5.56 Å². The third-order valence-corrected chi connectivity index (χ3v) is 2.73. The van der Waals surface area contributed by atoms with E-state index in [1.807, 2.05) is 30.3 Å². The second-order valence-electron chi connectivity index (χ2n) is 4.72. The van der Waals surface area contributed by atoms with Crippen LogP contribution in [0.5, 0.6) is 0 Å². The molecule has 0 radical (unpaired) electrons. The molecule has 1 aromatic carbocycles. The van der Waals surface area contributed by atoms with Gasteiger partial charge < -0.3 is 9.47 Å². The molecule has 4 nitrogen and oxygen atoms in total. The molecule has 0 heterocycles. The Labute approximate surface area is 136 Å². The van der Waals surface area contributed by atoms with Crippen molar-refractivity contribution in [1.82, 2.24) is 0 Å². The first-order valence-corrected chi connectivity index (χ1v) is 7.00. The van der Waals surface area contributed by atoms with Gasteiger partial charge in [0.05, 0.1) is 12.8 Å². The van der Waals surface area contributed by atoms with Crippen LogP contribution < -0.4 is 0 Å². The zero-order valence-electron chi connectivity index (χ0n) is 12.6. The van der Waals surface area contributed by atoms with E-state index in [2.05, 4.69) is 4.74 Å². The number of hydrogen-bond donors (Lipinski definition) is 0. The highest BCUT2D eigenvalue weighted by atomic mass is 19.3. The molecule has 0 N–H and O–H groups in total. The fraction of sp³-hybridized carbons (Fsp3) is 0.375. The summed E-state index contributed by atoms with van der Waals surface area (Å²) < 4.78 is 57.6. The van der Waals surface area contributed by atoms with Crippen molar-refractivity contribution in [1.29, 1.82) is 0 Å². The second kappa shape index (κ2) is 9.69. The molecule has 0 aliphatic heterocycles. The molecule has 0 bridgehead atoms. The molecule has 8 heteroatoms. The summed E-state index contributed by atoms with van der Waals surface area (Å²) in [5, 5.41) is 0. The third kappa shape index (κ3) is 7.75. The average Bonchev–Trinajstić information content (AvgIpc) is 2.56. The standard InChI is InChI=1S/C16H16F4O4/c17-15(18)16(19,20)11-24-14(22)9-8-13(21)23-10-4-7-12-5-2-1-3-6-12/h1-7,15H,8-11H2/b7-4+. The molecule has 0 aliphatic rings. The van der Waals surface area contributed by atoms with E-state index >= 15 is 0 Å². The average molecular weight is 348 g/mol. The second-order valence-corrected chi connectivity index (χ2v) is 4.72. The Kier molecular flexibility index (Phi) is 7.94. The van der Waals surface area contributed by atoms with Crippen molar-refractivity contribution < 1.29 is 36.6 Å². The molecule has 1 rings (SSSR count). The molecule has 24 heavy (non-hydrogen) atoms. The van der Waals surface area contributed by atoms with Gasteiger partial charge in [-0.15, -0.1) is 0 Å². The minimum Gasteiger partial charge on any atom is -0.461 e. The molecular weight excluding hydrogens is 332 g/mol.